The largest absolute Gasteiger partial charge is 0.496 e. The van der Waals surface area contributed by atoms with Gasteiger partial charge in [-0.1, -0.05) is 32.0 Å². The number of pyridine rings is 1. The van der Waals surface area contributed by atoms with E-state index in [1.165, 1.54) is 0 Å². The fraction of sp³-hybridized carbons (Fsp3) is 0.458. The van der Waals surface area contributed by atoms with Crippen molar-refractivity contribution in [2.45, 2.75) is 39.7 Å². The number of likely N-dealkylation sites (tertiary alicyclic amines) is 1. The molecule has 6 nitrogen and oxygen atoms in total. The number of aromatic nitrogens is 3. The molecule has 0 spiro atoms. The molecule has 6 heteroatoms. The number of carbonyl (C=O) groups excluding carboxylic acids is 1. The summed E-state index contributed by atoms with van der Waals surface area (Å²) in [6.45, 7) is 6.93. The minimum absolute atomic E-state index is 0.166. The number of benzene rings is 1. The van der Waals surface area contributed by atoms with Gasteiger partial charge in [-0.3, -0.25) is 4.79 Å². The van der Waals surface area contributed by atoms with Crippen LogP contribution in [0.3, 0.4) is 0 Å². The number of methoxy groups -OCH3 is 1. The summed E-state index contributed by atoms with van der Waals surface area (Å²) in [7, 11) is 1.65. The summed E-state index contributed by atoms with van der Waals surface area (Å²) in [5, 5.41) is 0. The van der Waals surface area contributed by atoms with Gasteiger partial charge in [0.1, 0.15) is 17.1 Å². The van der Waals surface area contributed by atoms with E-state index in [-0.39, 0.29) is 5.91 Å². The lowest BCUT2D eigenvalue weighted by atomic mass is 10.0. The van der Waals surface area contributed by atoms with Crippen molar-refractivity contribution in [3.05, 3.63) is 54.0 Å². The molecule has 0 N–H and O–H groups in total. The third kappa shape index (κ3) is 4.32. The van der Waals surface area contributed by atoms with Crippen molar-refractivity contribution in [3.8, 4) is 5.75 Å². The Labute approximate surface area is 177 Å². The Morgan fingerprint density at radius 1 is 1.23 bits per heavy atom. The van der Waals surface area contributed by atoms with Gasteiger partial charge in [0.05, 0.1) is 13.5 Å². The summed E-state index contributed by atoms with van der Waals surface area (Å²) in [4.78, 5) is 24.3. The predicted molar refractivity (Wildman–Crippen MR) is 117 cm³/mol. The van der Waals surface area contributed by atoms with Gasteiger partial charge in [0.25, 0.3) is 0 Å². The molecule has 1 aromatic carbocycles. The second-order valence-corrected chi connectivity index (χ2v) is 8.57. The third-order valence-electron chi connectivity index (χ3n) is 5.77. The average molecular weight is 407 g/mol. The minimum atomic E-state index is 0.166. The van der Waals surface area contributed by atoms with E-state index in [1.54, 1.807) is 7.11 Å². The van der Waals surface area contributed by atoms with Crippen molar-refractivity contribution in [1.82, 2.24) is 19.4 Å². The van der Waals surface area contributed by atoms with Crippen LogP contribution in [0.4, 0.5) is 0 Å². The van der Waals surface area contributed by atoms with Crippen LogP contribution in [0.2, 0.25) is 0 Å². The van der Waals surface area contributed by atoms with E-state index in [1.807, 2.05) is 47.5 Å². The maximum absolute atomic E-state index is 12.9. The molecule has 1 unspecified atom stereocenters. The van der Waals surface area contributed by atoms with Crippen molar-refractivity contribution < 1.29 is 9.53 Å². The first kappa shape index (κ1) is 20.4. The second-order valence-electron chi connectivity index (χ2n) is 8.57. The minimum Gasteiger partial charge on any atom is -0.496 e. The highest BCUT2D eigenvalue weighted by Gasteiger charge is 2.28. The molecule has 0 saturated carbocycles. The highest BCUT2D eigenvalue weighted by Crippen LogP contribution is 2.25. The molecule has 0 radical (unpaired) electrons. The van der Waals surface area contributed by atoms with Gasteiger partial charge in [-0.15, -0.1) is 0 Å². The van der Waals surface area contributed by atoms with Gasteiger partial charge in [-0.05, 0) is 36.5 Å². The van der Waals surface area contributed by atoms with Gasteiger partial charge in [0, 0.05) is 37.8 Å². The average Bonchev–Trinajstić information content (AvgIpc) is 3.34. The van der Waals surface area contributed by atoms with Crippen LogP contribution in [0.15, 0.2) is 42.6 Å². The molecule has 0 bridgehead atoms. The molecule has 4 rings (SSSR count). The van der Waals surface area contributed by atoms with Gasteiger partial charge in [-0.2, -0.15) is 0 Å². The highest BCUT2D eigenvalue weighted by atomic mass is 16.5. The van der Waals surface area contributed by atoms with Crippen LogP contribution in [-0.4, -0.2) is 45.5 Å². The number of amides is 1. The van der Waals surface area contributed by atoms with Crippen LogP contribution in [-0.2, 0) is 24.2 Å². The van der Waals surface area contributed by atoms with Crippen LogP contribution in [0.5, 0.6) is 5.75 Å². The second kappa shape index (κ2) is 8.86. The molecule has 1 amide bonds. The lowest BCUT2D eigenvalue weighted by molar-refractivity contribution is -0.129. The molecule has 0 aliphatic carbocycles. The molecule has 1 saturated heterocycles. The number of hydrogen-bond acceptors (Lipinski definition) is 4. The predicted octanol–water partition coefficient (Wildman–Crippen LogP) is 3.73. The highest BCUT2D eigenvalue weighted by molar-refractivity contribution is 5.79. The van der Waals surface area contributed by atoms with Crippen molar-refractivity contribution >= 4 is 17.1 Å². The Kier molecular flexibility index (Phi) is 6.02. The molecule has 3 aromatic rings. The monoisotopic (exact) mass is 406 g/mol. The topological polar surface area (TPSA) is 60.2 Å². The molecule has 1 fully saturated rings. The SMILES string of the molecule is COc1ccccc1CC(=O)N1CCC(Cc2nc3cccnc3n2CC(C)C)C1. The first-order valence-corrected chi connectivity index (χ1v) is 10.7. The summed E-state index contributed by atoms with van der Waals surface area (Å²) < 4.78 is 7.66. The van der Waals surface area contributed by atoms with Gasteiger partial charge in [0.2, 0.25) is 5.91 Å². The van der Waals surface area contributed by atoms with Crippen LogP contribution in [0.1, 0.15) is 31.7 Å². The Morgan fingerprint density at radius 2 is 2.07 bits per heavy atom. The van der Waals surface area contributed by atoms with E-state index in [9.17, 15) is 4.79 Å². The van der Waals surface area contributed by atoms with Crippen LogP contribution in [0, 0.1) is 11.8 Å². The van der Waals surface area contributed by atoms with Crippen LogP contribution >= 0.6 is 0 Å². The summed E-state index contributed by atoms with van der Waals surface area (Å²) in [6, 6.07) is 11.7. The van der Waals surface area contributed by atoms with Gasteiger partial charge >= 0.3 is 0 Å². The molecule has 1 aliphatic heterocycles. The molecule has 2 aromatic heterocycles. The third-order valence-corrected chi connectivity index (χ3v) is 5.77. The molecule has 3 heterocycles. The van der Waals surface area contributed by atoms with Crippen molar-refractivity contribution in [1.29, 1.82) is 0 Å². The lowest BCUT2D eigenvalue weighted by Crippen LogP contribution is -2.30. The van der Waals surface area contributed by atoms with Gasteiger partial charge < -0.3 is 14.2 Å². The summed E-state index contributed by atoms with van der Waals surface area (Å²) in [5.41, 5.74) is 2.86. The number of ether oxygens (including phenoxy) is 1. The molecular formula is C24H30N4O2. The van der Waals surface area contributed by atoms with E-state index < -0.39 is 0 Å². The van der Waals surface area contributed by atoms with E-state index in [2.05, 4.69) is 23.4 Å². The number of carbonyl (C=O) groups is 1. The molecular weight excluding hydrogens is 376 g/mol. The van der Waals surface area contributed by atoms with Gasteiger partial charge in [-0.25, -0.2) is 9.97 Å². The Balaban J connectivity index is 1.44. The van der Waals surface area contributed by atoms with Crippen molar-refractivity contribution in [2.75, 3.05) is 20.2 Å². The zero-order valence-electron chi connectivity index (χ0n) is 18.0. The summed E-state index contributed by atoms with van der Waals surface area (Å²) in [6.07, 6.45) is 4.10. The number of nitrogens with zero attached hydrogens (tertiary/aromatic N) is 4. The molecule has 30 heavy (non-hydrogen) atoms. The normalized spacial score (nSPS) is 16.5. The van der Waals surface area contributed by atoms with Gasteiger partial charge in [0.15, 0.2) is 5.65 Å². The van der Waals surface area contributed by atoms with E-state index in [0.717, 1.165) is 60.8 Å². The number of para-hydroxylation sites is 1. The smallest absolute Gasteiger partial charge is 0.227 e. The molecule has 158 valence electrons. The Hall–Kier alpha value is -2.89. The van der Waals surface area contributed by atoms with Crippen molar-refractivity contribution in [2.24, 2.45) is 11.8 Å². The van der Waals surface area contributed by atoms with Crippen molar-refractivity contribution in [3.63, 3.8) is 0 Å². The Morgan fingerprint density at radius 3 is 2.87 bits per heavy atom. The lowest BCUT2D eigenvalue weighted by Gasteiger charge is -2.18. The summed E-state index contributed by atoms with van der Waals surface area (Å²) >= 11 is 0. The van der Waals surface area contributed by atoms with Crippen LogP contribution in [0.25, 0.3) is 11.2 Å². The fourth-order valence-electron chi connectivity index (χ4n) is 4.33. The number of rotatable bonds is 7. The quantitative estimate of drug-likeness (QED) is 0.600. The zero-order valence-corrected chi connectivity index (χ0v) is 18.0. The van der Waals surface area contributed by atoms with Crippen LogP contribution < -0.4 is 4.74 Å². The van der Waals surface area contributed by atoms with E-state index in [4.69, 9.17) is 9.72 Å². The Bertz CT molecular complexity index is 1030. The maximum Gasteiger partial charge on any atom is 0.227 e. The summed E-state index contributed by atoms with van der Waals surface area (Å²) in [5.74, 6) is 2.97. The molecule has 1 aliphatic rings. The van der Waals surface area contributed by atoms with E-state index >= 15 is 0 Å². The molecule has 1 atom stereocenters. The fourth-order valence-corrected chi connectivity index (χ4v) is 4.33. The zero-order chi connectivity index (χ0) is 21.1. The number of hydrogen-bond donors (Lipinski definition) is 0. The van der Waals surface area contributed by atoms with E-state index in [0.29, 0.717) is 18.3 Å². The number of imidazole rings is 1. The maximum atomic E-state index is 12.9. The standard InChI is InChI=1S/C24H30N4O2/c1-17(2)15-28-22(26-20-8-6-11-25-24(20)28)13-18-10-12-27(16-18)23(29)14-19-7-4-5-9-21(19)30-3/h4-9,11,17-18H,10,12-16H2,1-3H3. The first-order chi connectivity index (χ1) is 14.5. The number of fused-ring (bicyclic) bond motifs is 1. The first-order valence-electron chi connectivity index (χ1n) is 10.7.